The molecule has 1 aromatic rings. The number of carbonyl (C=O) groups excluding carboxylic acids is 1. The van der Waals surface area contributed by atoms with Gasteiger partial charge in [0.25, 0.3) is 0 Å². The van der Waals surface area contributed by atoms with Crippen LogP contribution in [0, 0.1) is 0 Å². The van der Waals surface area contributed by atoms with Gasteiger partial charge in [0, 0.05) is 19.1 Å². The summed E-state index contributed by atoms with van der Waals surface area (Å²) >= 11 is 0. The number of benzene rings is 1. The van der Waals surface area contributed by atoms with Crippen molar-refractivity contribution in [2.24, 2.45) is 0 Å². The first kappa shape index (κ1) is 17.3. The number of hydrogen-bond acceptors (Lipinski definition) is 4. The van der Waals surface area contributed by atoms with Crippen LogP contribution in [-0.4, -0.2) is 59.2 Å². The Bertz CT molecular complexity index is 521. The van der Waals surface area contributed by atoms with Crippen molar-refractivity contribution in [1.29, 1.82) is 0 Å². The summed E-state index contributed by atoms with van der Waals surface area (Å²) in [5.74, 6) is -0.827. The van der Waals surface area contributed by atoms with E-state index >= 15 is 0 Å². The van der Waals surface area contributed by atoms with E-state index in [9.17, 15) is 9.59 Å². The number of amides is 1. The Morgan fingerprint density at radius 1 is 1.35 bits per heavy atom. The zero-order chi connectivity index (χ0) is 16.7. The smallest absolute Gasteiger partial charge is 0.410 e. The maximum atomic E-state index is 12.2. The standard InChI is InChI=1S/C17H24N2O4/c1-2-18(11-15-9-6-10-19(15)12-16(20)21)17(22)23-13-14-7-4-3-5-8-14/h3-5,7-8,15H,2,6,9-13H2,1H3,(H,20,21)/t15-/m0/s1. The largest absolute Gasteiger partial charge is 0.480 e. The van der Waals surface area contributed by atoms with Gasteiger partial charge in [0.15, 0.2) is 0 Å². The number of nitrogens with zero attached hydrogens (tertiary/aromatic N) is 2. The Kier molecular flexibility index (Phi) is 6.40. The van der Waals surface area contributed by atoms with Crippen molar-refractivity contribution in [3.05, 3.63) is 35.9 Å². The molecule has 1 N–H and O–H groups in total. The first-order chi connectivity index (χ1) is 11.1. The van der Waals surface area contributed by atoms with Crippen LogP contribution in [0.3, 0.4) is 0 Å². The van der Waals surface area contributed by atoms with Gasteiger partial charge in [-0.15, -0.1) is 0 Å². The van der Waals surface area contributed by atoms with E-state index in [1.54, 1.807) is 4.90 Å². The molecule has 1 aliphatic heterocycles. The number of ether oxygens (including phenoxy) is 1. The molecule has 2 rings (SSSR count). The van der Waals surface area contributed by atoms with Crippen LogP contribution in [0.1, 0.15) is 25.3 Å². The number of carboxylic acids is 1. The van der Waals surface area contributed by atoms with Gasteiger partial charge >= 0.3 is 12.1 Å². The second-order valence-corrected chi connectivity index (χ2v) is 5.74. The minimum Gasteiger partial charge on any atom is -0.480 e. The number of aliphatic carboxylic acids is 1. The number of carbonyl (C=O) groups is 2. The minimum atomic E-state index is -0.827. The highest BCUT2D eigenvalue weighted by Crippen LogP contribution is 2.18. The molecule has 23 heavy (non-hydrogen) atoms. The van der Waals surface area contributed by atoms with Gasteiger partial charge in [-0.3, -0.25) is 9.69 Å². The van der Waals surface area contributed by atoms with Crippen LogP contribution in [0.5, 0.6) is 0 Å². The third-order valence-electron chi connectivity index (χ3n) is 4.11. The van der Waals surface area contributed by atoms with Gasteiger partial charge in [-0.25, -0.2) is 4.79 Å². The quantitative estimate of drug-likeness (QED) is 0.834. The SMILES string of the molecule is CCN(C[C@@H]1CCCN1CC(=O)O)C(=O)OCc1ccccc1. The summed E-state index contributed by atoms with van der Waals surface area (Å²) in [7, 11) is 0. The van der Waals surface area contributed by atoms with Gasteiger partial charge < -0.3 is 14.7 Å². The summed E-state index contributed by atoms with van der Waals surface area (Å²) in [5, 5.41) is 8.96. The molecule has 1 amide bonds. The van der Waals surface area contributed by atoms with E-state index < -0.39 is 5.97 Å². The van der Waals surface area contributed by atoms with Crippen molar-refractivity contribution in [2.45, 2.75) is 32.4 Å². The molecular weight excluding hydrogens is 296 g/mol. The molecule has 0 unspecified atom stereocenters. The van der Waals surface area contributed by atoms with Crippen molar-refractivity contribution in [1.82, 2.24) is 9.80 Å². The number of likely N-dealkylation sites (N-methyl/N-ethyl adjacent to an activating group) is 1. The normalized spacial score (nSPS) is 17.9. The molecule has 1 saturated heterocycles. The average Bonchev–Trinajstić information content (AvgIpc) is 2.97. The second-order valence-electron chi connectivity index (χ2n) is 5.74. The maximum Gasteiger partial charge on any atom is 0.410 e. The monoisotopic (exact) mass is 320 g/mol. The molecule has 1 heterocycles. The molecule has 0 aliphatic carbocycles. The molecule has 1 fully saturated rings. The van der Waals surface area contributed by atoms with Crippen LogP contribution in [-0.2, 0) is 16.1 Å². The zero-order valence-corrected chi connectivity index (χ0v) is 13.5. The van der Waals surface area contributed by atoms with Crippen LogP contribution in [0.4, 0.5) is 4.79 Å². The highest BCUT2D eigenvalue weighted by Gasteiger charge is 2.29. The first-order valence-corrected chi connectivity index (χ1v) is 8.01. The lowest BCUT2D eigenvalue weighted by Gasteiger charge is -2.28. The maximum absolute atomic E-state index is 12.2. The fourth-order valence-electron chi connectivity index (χ4n) is 2.88. The summed E-state index contributed by atoms with van der Waals surface area (Å²) in [5.41, 5.74) is 0.949. The van der Waals surface area contributed by atoms with Crippen LogP contribution >= 0.6 is 0 Å². The molecule has 1 aromatic carbocycles. The summed E-state index contributed by atoms with van der Waals surface area (Å²) < 4.78 is 5.36. The number of likely N-dealkylation sites (tertiary alicyclic amines) is 1. The van der Waals surface area contributed by atoms with Gasteiger partial charge in [-0.1, -0.05) is 30.3 Å². The lowest BCUT2D eigenvalue weighted by molar-refractivity contribution is -0.138. The molecule has 0 radical (unpaired) electrons. The first-order valence-electron chi connectivity index (χ1n) is 8.01. The van der Waals surface area contributed by atoms with E-state index in [1.807, 2.05) is 42.2 Å². The fraction of sp³-hybridized carbons (Fsp3) is 0.529. The Hall–Kier alpha value is -2.08. The predicted molar refractivity (Wildman–Crippen MR) is 86.1 cm³/mol. The van der Waals surface area contributed by atoms with E-state index in [0.29, 0.717) is 13.1 Å². The van der Waals surface area contributed by atoms with E-state index in [0.717, 1.165) is 24.9 Å². The summed E-state index contributed by atoms with van der Waals surface area (Å²) in [6.07, 6.45) is 1.53. The van der Waals surface area contributed by atoms with Crippen molar-refractivity contribution < 1.29 is 19.4 Å². The Balaban J connectivity index is 1.86. The Morgan fingerprint density at radius 2 is 2.09 bits per heavy atom. The van der Waals surface area contributed by atoms with Crippen molar-refractivity contribution in [2.75, 3.05) is 26.2 Å². The number of carboxylic acid groups (broad SMARTS) is 1. The topological polar surface area (TPSA) is 70.1 Å². The van der Waals surface area contributed by atoms with Gasteiger partial charge in [-0.05, 0) is 31.9 Å². The summed E-state index contributed by atoms with van der Waals surface area (Å²) in [6.45, 7) is 4.01. The molecule has 1 atom stereocenters. The zero-order valence-electron chi connectivity index (χ0n) is 13.5. The molecule has 0 spiro atoms. The lowest BCUT2D eigenvalue weighted by Crippen LogP contribution is -2.44. The van der Waals surface area contributed by atoms with Crippen LogP contribution < -0.4 is 0 Å². The Labute approximate surface area is 136 Å². The highest BCUT2D eigenvalue weighted by molar-refractivity contribution is 5.69. The number of rotatable bonds is 7. The molecule has 0 saturated carbocycles. The van der Waals surface area contributed by atoms with E-state index in [4.69, 9.17) is 9.84 Å². The van der Waals surface area contributed by atoms with Gasteiger partial charge in [0.1, 0.15) is 6.61 Å². The van der Waals surface area contributed by atoms with Crippen molar-refractivity contribution >= 4 is 12.1 Å². The molecule has 0 aromatic heterocycles. The molecule has 6 nitrogen and oxygen atoms in total. The van der Waals surface area contributed by atoms with Gasteiger partial charge in [0.05, 0.1) is 6.54 Å². The van der Waals surface area contributed by atoms with Crippen molar-refractivity contribution in [3.8, 4) is 0 Å². The van der Waals surface area contributed by atoms with Gasteiger partial charge in [-0.2, -0.15) is 0 Å². The second kappa shape index (κ2) is 8.53. The minimum absolute atomic E-state index is 0.0291. The molecule has 0 bridgehead atoms. The van der Waals surface area contributed by atoms with Crippen LogP contribution in [0.2, 0.25) is 0 Å². The van der Waals surface area contributed by atoms with Gasteiger partial charge in [0.2, 0.25) is 0 Å². The lowest BCUT2D eigenvalue weighted by atomic mass is 10.2. The fourth-order valence-corrected chi connectivity index (χ4v) is 2.88. The predicted octanol–water partition coefficient (Wildman–Crippen LogP) is 2.19. The summed E-state index contributed by atoms with van der Waals surface area (Å²) in [4.78, 5) is 26.7. The molecule has 1 aliphatic rings. The molecule has 6 heteroatoms. The third kappa shape index (κ3) is 5.25. The molecular formula is C17H24N2O4. The average molecular weight is 320 g/mol. The molecule has 126 valence electrons. The van der Waals surface area contributed by atoms with E-state index in [1.165, 1.54) is 0 Å². The van der Waals surface area contributed by atoms with Crippen LogP contribution in [0.25, 0.3) is 0 Å². The summed E-state index contributed by atoms with van der Waals surface area (Å²) in [6, 6.07) is 9.65. The highest BCUT2D eigenvalue weighted by atomic mass is 16.6. The third-order valence-corrected chi connectivity index (χ3v) is 4.11. The number of hydrogen-bond donors (Lipinski definition) is 1. The Morgan fingerprint density at radius 3 is 2.74 bits per heavy atom. The van der Waals surface area contributed by atoms with Crippen LogP contribution in [0.15, 0.2) is 30.3 Å². The van der Waals surface area contributed by atoms with E-state index in [2.05, 4.69) is 0 Å². The van der Waals surface area contributed by atoms with Crippen molar-refractivity contribution in [3.63, 3.8) is 0 Å². The van der Waals surface area contributed by atoms with E-state index in [-0.39, 0.29) is 25.3 Å².